The van der Waals surface area contributed by atoms with Crippen molar-refractivity contribution in [3.05, 3.63) is 12.2 Å². The van der Waals surface area contributed by atoms with Crippen LogP contribution in [0.25, 0.3) is 0 Å². The van der Waals surface area contributed by atoms with Gasteiger partial charge in [0.15, 0.2) is 23.0 Å². The first kappa shape index (κ1) is 57.6. The Morgan fingerprint density at radius 2 is 0.559 bits per heavy atom. The standard InChI is InChI=1S/C53H100O6/c1-4-7-10-13-16-19-22-25-26-29-30-33-36-39-42-45-49(55)52(58,48-54)53(59,50(56)46-43-40-37-34-31-27-23-20-17-14-11-8-5-2)51(57)47-44-41-38-35-32-28-24-21-18-15-12-9-6-3/h25-26,54,58-59H,4-24,27-48H2,1-3H3. The van der Waals surface area contributed by atoms with Crippen LogP contribution in [0.15, 0.2) is 12.2 Å². The lowest BCUT2D eigenvalue weighted by Gasteiger charge is -2.39. The Kier molecular flexibility index (Phi) is 41.0. The summed E-state index contributed by atoms with van der Waals surface area (Å²) in [5.41, 5.74) is -5.75. The van der Waals surface area contributed by atoms with Crippen LogP contribution in [0, 0.1) is 0 Å². The summed E-state index contributed by atoms with van der Waals surface area (Å²) in [5, 5.41) is 34.0. The molecule has 0 aliphatic rings. The molecule has 0 aromatic heterocycles. The zero-order valence-corrected chi connectivity index (χ0v) is 39.6. The number of hydrogen-bond acceptors (Lipinski definition) is 6. The predicted molar refractivity (Wildman–Crippen MR) is 252 cm³/mol. The van der Waals surface area contributed by atoms with E-state index in [4.69, 9.17) is 0 Å². The molecule has 0 fully saturated rings. The molecule has 6 nitrogen and oxygen atoms in total. The number of unbranched alkanes of at least 4 members (excludes halogenated alkanes) is 35. The molecule has 59 heavy (non-hydrogen) atoms. The number of rotatable bonds is 48. The summed E-state index contributed by atoms with van der Waals surface area (Å²) < 4.78 is 0. The number of carbonyl (C=O) groups is 3. The van der Waals surface area contributed by atoms with E-state index < -0.39 is 35.2 Å². The molecule has 3 N–H and O–H groups in total. The van der Waals surface area contributed by atoms with Crippen LogP contribution in [0.5, 0.6) is 0 Å². The highest BCUT2D eigenvalue weighted by atomic mass is 16.4. The van der Waals surface area contributed by atoms with Crippen molar-refractivity contribution in [1.29, 1.82) is 0 Å². The van der Waals surface area contributed by atoms with Gasteiger partial charge < -0.3 is 15.3 Å². The average Bonchev–Trinajstić information content (AvgIpc) is 3.24. The third kappa shape index (κ3) is 29.5. The monoisotopic (exact) mass is 833 g/mol. The summed E-state index contributed by atoms with van der Waals surface area (Å²) in [7, 11) is 0. The third-order valence-corrected chi connectivity index (χ3v) is 12.8. The van der Waals surface area contributed by atoms with E-state index in [-0.39, 0.29) is 19.3 Å². The van der Waals surface area contributed by atoms with E-state index in [2.05, 4.69) is 32.9 Å². The molecule has 0 radical (unpaired) electrons. The molecule has 0 saturated heterocycles. The van der Waals surface area contributed by atoms with Crippen LogP contribution in [0.2, 0.25) is 0 Å². The third-order valence-electron chi connectivity index (χ3n) is 12.8. The largest absolute Gasteiger partial charge is 0.393 e. The number of hydrogen-bond donors (Lipinski definition) is 3. The Hall–Kier alpha value is -1.37. The van der Waals surface area contributed by atoms with Crippen molar-refractivity contribution >= 4 is 17.3 Å². The van der Waals surface area contributed by atoms with Gasteiger partial charge in [-0.2, -0.15) is 0 Å². The molecular weight excluding hydrogens is 733 g/mol. The first-order valence-corrected chi connectivity index (χ1v) is 26.1. The predicted octanol–water partition coefficient (Wildman–Crippen LogP) is 15.1. The van der Waals surface area contributed by atoms with Gasteiger partial charge in [0.05, 0.1) is 6.61 Å². The highest BCUT2D eigenvalue weighted by Gasteiger charge is 2.62. The second-order valence-electron chi connectivity index (χ2n) is 18.3. The molecule has 1 unspecified atom stereocenters. The zero-order chi connectivity index (χ0) is 43.6. The van der Waals surface area contributed by atoms with Crippen molar-refractivity contribution in [2.75, 3.05) is 6.61 Å². The number of Topliss-reactive ketones (excluding diaryl/α,β-unsaturated/α-hetero) is 3. The van der Waals surface area contributed by atoms with Crippen molar-refractivity contribution in [3.8, 4) is 0 Å². The van der Waals surface area contributed by atoms with Gasteiger partial charge in [-0.1, -0.05) is 238 Å². The number of carbonyl (C=O) groups excluding carboxylic acids is 3. The molecule has 1 atom stereocenters. The first-order valence-electron chi connectivity index (χ1n) is 26.1. The van der Waals surface area contributed by atoms with Gasteiger partial charge in [-0.3, -0.25) is 14.4 Å². The molecule has 348 valence electrons. The summed E-state index contributed by atoms with van der Waals surface area (Å²) in [6, 6.07) is 0. The van der Waals surface area contributed by atoms with E-state index in [9.17, 15) is 29.7 Å². The van der Waals surface area contributed by atoms with Gasteiger partial charge in [-0.05, 0) is 44.9 Å². The number of allylic oxidation sites excluding steroid dienone is 2. The van der Waals surface area contributed by atoms with E-state index in [1.165, 1.54) is 154 Å². The molecule has 0 aliphatic carbocycles. The van der Waals surface area contributed by atoms with Crippen molar-refractivity contribution in [2.24, 2.45) is 0 Å². The Labute approximate surface area is 366 Å². The Morgan fingerprint density at radius 3 is 0.814 bits per heavy atom. The second kappa shape index (κ2) is 42.0. The Bertz CT molecular complexity index is 949. The molecule has 6 heteroatoms. The minimum absolute atomic E-state index is 0.0877. The number of aliphatic hydroxyl groups is 3. The van der Waals surface area contributed by atoms with E-state index in [0.717, 1.165) is 77.0 Å². The van der Waals surface area contributed by atoms with Crippen LogP contribution in [0.3, 0.4) is 0 Å². The molecule has 0 bridgehead atoms. The van der Waals surface area contributed by atoms with Crippen molar-refractivity contribution < 1.29 is 29.7 Å². The van der Waals surface area contributed by atoms with E-state index >= 15 is 0 Å². The molecular formula is C53H100O6. The van der Waals surface area contributed by atoms with E-state index in [1.807, 2.05) is 0 Å². The molecule has 0 heterocycles. The minimum atomic E-state index is -2.92. The van der Waals surface area contributed by atoms with Crippen LogP contribution < -0.4 is 0 Å². The van der Waals surface area contributed by atoms with Crippen LogP contribution in [-0.2, 0) is 14.4 Å². The molecule has 0 aromatic carbocycles. The van der Waals surface area contributed by atoms with E-state index in [1.54, 1.807) is 0 Å². The minimum Gasteiger partial charge on any atom is -0.393 e. The maximum absolute atomic E-state index is 13.8. The van der Waals surface area contributed by atoms with Gasteiger partial charge in [0.2, 0.25) is 5.60 Å². The van der Waals surface area contributed by atoms with Gasteiger partial charge in [0, 0.05) is 19.3 Å². The summed E-state index contributed by atoms with van der Waals surface area (Å²) in [6.45, 7) is 5.58. The van der Waals surface area contributed by atoms with Gasteiger partial charge in [-0.25, -0.2) is 0 Å². The van der Waals surface area contributed by atoms with Gasteiger partial charge in [-0.15, -0.1) is 0 Å². The topological polar surface area (TPSA) is 112 Å². The van der Waals surface area contributed by atoms with Crippen molar-refractivity contribution in [3.63, 3.8) is 0 Å². The van der Waals surface area contributed by atoms with Crippen molar-refractivity contribution in [1.82, 2.24) is 0 Å². The number of aliphatic hydroxyl groups excluding tert-OH is 1. The fourth-order valence-electron chi connectivity index (χ4n) is 8.55. The average molecular weight is 833 g/mol. The summed E-state index contributed by atoms with van der Waals surface area (Å²) in [5.74, 6) is -2.46. The summed E-state index contributed by atoms with van der Waals surface area (Å²) in [6.07, 6.45) is 48.5. The van der Waals surface area contributed by atoms with Crippen molar-refractivity contribution in [2.45, 2.75) is 302 Å². The van der Waals surface area contributed by atoms with Crippen LogP contribution >= 0.6 is 0 Å². The molecule has 0 amide bonds. The highest BCUT2D eigenvalue weighted by molar-refractivity contribution is 6.16. The highest BCUT2D eigenvalue weighted by Crippen LogP contribution is 2.32. The van der Waals surface area contributed by atoms with Crippen LogP contribution in [0.1, 0.15) is 290 Å². The molecule has 0 aliphatic heterocycles. The van der Waals surface area contributed by atoms with Gasteiger partial charge in [0.1, 0.15) is 0 Å². The Morgan fingerprint density at radius 1 is 0.339 bits per heavy atom. The van der Waals surface area contributed by atoms with Crippen LogP contribution in [0.4, 0.5) is 0 Å². The summed E-state index contributed by atoms with van der Waals surface area (Å²) >= 11 is 0. The van der Waals surface area contributed by atoms with E-state index in [0.29, 0.717) is 19.3 Å². The van der Waals surface area contributed by atoms with Gasteiger partial charge in [0.25, 0.3) is 0 Å². The van der Waals surface area contributed by atoms with Gasteiger partial charge >= 0.3 is 0 Å². The van der Waals surface area contributed by atoms with Crippen LogP contribution in [-0.4, -0.2) is 50.5 Å². The molecule has 0 saturated carbocycles. The SMILES string of the molecule is CCCCCCCCC=CCCCCCCCC(=O)C(O)(CO)C(O)(C(=O)CCCCCCCCCCCCCCC)C(=O)CCCCCCCCCCCCCCC. The number of ketones is 3. The lowest BCUT2D eigenvalue weighted by molar-refractivity contribution is -0.194. The quantitative estimate of drug-likeness (QED) is 0.0320. The Balaban J connectivity index is 4.94. The first-order chi connectivity index (χ1) is 28.8. The lowest BCUT2D eigenvalue weighted by Crippen LogP contribution is -2.69. The fraction of sp³-hybridized carbons (Fsp3) is 0.906. The maximum Gasteiger partial charge on any atom is 0.219 e. The maximum atomic E-state index is 13.8. The fourth-order valence-corrected chi connectivity index (χ4v) is 8.55. The molecule has 0 spiro atoms. The smallest absolute Gasteiger partial charge is 0.219 e. The molecule has 0 aromatic rings. The summed E-state index contributed by atoms with van der Waals surface area (Å²) in [4.78, 5) is 41.1. The molecule has 0 rings (SSSR count). The zero-order valence-electron chi connectivity index (χ0n) is 39.6. The normalized spacial score (nSPS) is 13.1. The second-order valence-corrected chi connectivity index (χ2v) is 18.3. The lowest BCUT2D eigenvalue weighted by atomic mass is 9.71.